The van der Waals surface area contributed by atoms with E-state index in [1.807, 2.05) is 4.57 Å². The molecule has 3 aromatic rings. The lowest BCUT2D eigenvalue weighted by molar-refractivity contribution is 0.0962. The molecule has 130 valence electrons. The van der Waals surface area contributed by atoms with Gasteiger partial charge >= 0.3 is 5.91 Å². The predicted octanol–water partition coefficient (Wildman–Crippen LogP) is 4.27. The van der Waals surface area contributed by atoms with Gasteiger partial charge in [0.25, 0.3) is 0 Å². The Morgan fingerprint density at radius 3 is 2.96 bits per heavy atom. The van der Waals surface area contributed by atoms with Gasteiger partial charge in [-0.25, -0.2) is 0 Å². The number of carbonyl (C=O) groups is 1. The number of rotatable bonds is 6. The highest BCUT2D eigenvalue weighted by atomic mass is 32.1. The maximum Gasteiger partial charge on any atom is 0.318 e. The number of fused-ring (bicyclic) bond motifs is 1. The van der Waals surface area contributed by atoms with Crippen molar-refractivity contribution in [1.29, 1.82) is 0 Å². The molecule has 0 saturated heterocycles. The fourth-order valence-electron chi connectivity index (χ4n) is 2.65. The lowest BCUT2D eigenvalue weighted by Crippen LogP contribution is -2.16. The Labute approximate surface area is 150 Å². The van der Waals surface area contributed by atoms with Crippen LogP contribution in [0.15, 0.2) is 46.4 Å². The standard InChI is InChI=1S/C19H21N3O2S/c1-4-6-7-14-8-9-15-17(12-14)25-19(22(15)10-5-2)20-18(23)16-11-13(3)21-24-16/h5,8-9,11-12H,2,4,6-7,10H2,1,3H3. The average Bonchev–Trinajstić information content (AvgIpc) is 3.17. The van der Waals surface area contributed by atoms with E-state index >= 15 is 0 Å². The molecule has 1 aromatic carbocycles. The van der Waals surface area contributed by atoms with Crippen LogP contribution >= 0.6 is 11.3 Å². The molecule has 5 nitrogen and oxygen atoms in total. The molecule has 25 heavy (non-hydrogen) atoms. The highest BCUT2D eigenvalue weighted by molar-refractivity contribution is 7.16. The van der Waals surface area contributed by atoms with Crippen LogP contribution in [0.25, 0.3) is 10.2 Å². The van der Waals surface area contributed by atoms with Gasteiger partial charge in [-0.1, -0.05) is 42.0 Å². The van der Waals surface area contributed by atoms with Gasteiger partial charge in [-0.3, -0.25) is 4.79 Å². The number of allylic oxidation sites excluding steroid dienone is 1. The molecule has 6 heteroatoms. The summed E-state index contributed by atoms with van der Waals surface area (Å²) < 4.78 is 8.14. The minimum Gasteiger partial charge on any atom is -0.351 e. The Bertz CT molecular complexity index is 978. The smallest absolute Gasteiger partial charge is 0.318 e. The number of hydrogen-bond acceptors (Lipinski definition) is 4. The molecule has 0 fully saturated rings. The molecular formula is C19H21N3O2S. The summed E-state index contributed by atoms with van der Waals surface area (Å²) in [7, 11) is 0. The highest BCUT2D eigenvalue weighted by Crippen LogP contribution is 2.20. The van der Waals surface area contributed by atoms with Crippen LogP contribution in [-0.2, 0) is 13.0 Å². The Morgan fingerprint density at radius 2 is 2.28 bits per heavy atom. The number of unbranched alkanes of at least 4 members (excludes halogenated alkanes) is 1. The van der Waals surface area contributed by atoms with Crippen LogP contribution in [0.5, 0.6) is 0 Å². The maximum absolute atomic E-state index is 12.3. The van der Waals surface area contributed by atoms with E-state index < -0.39 is 5.91 Å². The van der Waals surface area contributed by atoms with Gasteiger partial charge in [-0.05, 0) is 37.5 Å². The molecule has 0 aliphatic heterocycles. The van der Waals surface area contributed by atoms with Gasteiger partial charge in [-0.2, -0.15) is 4.99 Å². The molecule has 0 aliphatic carbocycles. The summed E-state index contributed by atoms with van der Waals surface area (Å²) in [5, 5.41) is 3.75. The molecule has 2 aromatic heterocycles. The number of thiazole rings is 1. The number of aromatic nitrogens is 2. The monoisotopic (exact) mass is 355 g/mol. The zero-order valence-electron chi connectivity index (χ0n) is 14.5. The molecule has 1 amide bonds. The lowest BCUT2D eigenvalue weighted by atomic mass is 10.1. The van der Waals surface area contributed by atoms with E-state index in [2.05, 4.69) is 41.9 Å². The third-order valence-electron chi connectivity index (χ3n) is 3.91. The van der Waals surface area contributed by atoms with Crippen molar-refractivity contribution in [1.82, 2.24) is 9.72 Å². The largest absolute Gasteiger partial charge is 0.351 e. The van der Waals surface area contributed by atoms with Crippen molar-refractivity contribution in [3.8, 4) is 0 Å². The molecule has 0 saturated carbocycles. The van der Waals surface area contributed by atoms with Gasteiger partial charge in [0, 0.05) is 12.6 Å². The summed E-state index contributed by atoms with van der Waals surface area (Å²) in [5.74, 6) is -0.264. The van der Waals surface area contributed by atoms with E-state index in [0.717, 1.165) is 16.6 Å². The van der Waals surface area contributed by atoms with Crippen molar-refractivity contribution in [2.24, 2.45) is 4.99 Å². The average molecular weight is 355 g/mol. The van der Waals surface area contributed by atoms with Crippen molar-refractivity contribution in [3.63, 3.8) is 0 Å². The summed E-state index contributed by atoms with van der Waals surface area (Å²) in [6.07, 6.45) is 5.21. The Balaban J connectivity index is 2.06. The van der Waals surface area contributed by atoms with E-state index in [4.69, 9.17) is 4.52 Å². The quantitative estimate of drug-likeness (QED) is 0.620. The van der Waals surface area contributed by atoms with Gasteiger partial charge in [0.05, 0.1) is 15.9 Å². The number of amides is 1. The Morgan fingerprint density at radius 1 is 1.44 bits per heavy atom. The topological polar surface area (TPSA) is 60.4 Å². The third kappa shape index (κ3) is 3.79. The first-order chi connectivity index (χ1) is 12.1. The van der Waals surface area contributed by atoms with Gasteiger partial charge in [0.15, 0.2) is 4.80 Å². The molecule has 0 atom stereocenters. The summed E-state index contributed by atoms with van der Waals surface area (Å²) in [6, 6.07) is 8.04. The lowest BCUT2D eigenvalue weighted by Gasteiger charge is -2.03. The molecule has 0 radical (unpaired) electrons. The first kappa shape index (κ1) is 17.4. The minimum absolute atomic E-state index is 0.156. The maximum atomic E-state index is 12.3. The fraction of sp³-hybridized carbons (Fsp3) is 0.316. The molecule has 0 N–H and O–H groups in total. The van der Waals surface area contributed by atoms with Crippen molar-refractivity contribution >= 4 is 27.5 Å². The molecule has 0 bridgehead atoms. The Kier molecular flexibility index (Phi) is 5.28. The van der Waals surface area contributed by atoms with Crippen molar-refractivity contribution in [2.45, 2.75) is 39.7 Å². The molecule has 3 rings (SSSR count). The summed E-state index contributed by atoms with van der Waals surface area (Å²) in [4.78, 5) is 17.2. The van der Waals surface area contributed by atoms with Crippen LogP contribution in [0.4, 0.5) is 0 Å². The Hall–Kier alpha value is -2.47. The number of nitrogens with zero attached hydrogens (tertiary/aromatic N) is 3. The van der Waals surface area contributed by atoms with Gasteiger partial charge < -0.3 is 9.09 Å². The van der Waals surface area contributed by atoms with Gasteiger partial charge in [-0.15, -0.1) is 6.58 Å². The van der Waals surface area contributed by atoms with Crippen LogP contribution in [0.3, 0.4) is 0 Å². The van der Waals surface area contributed by atoms with Crippen LogP contribution < -0.4 is 4.80 Å². The molecule has 0 aliphatic rings. The van der Waals surface area contributed by atoms with Crippen LogP contribution in [0.2, 0.25) is 0 Å². The number of benzene rings is 1. The molecule has 0 unspecified atom stereocenters. The molecule has 0 spiro atoms. The second-order valence-corrected chi connectivity index (χ2v) is 6.95. The minimum atomic E-state index is -0.420. The molecular weight excluding hydrogens is 334 g/mol. The van der Waals surface area contributed by atoms with Crippen LogP contribution in [0, 0.1) is 6.92 Å². The summed E-state index contributed by atoms with van der Waals surface area (Å²) in [5.41, 5.74) is 3.03. The van der Waals surface area contributed by atoms with Gasteiger partial charge in [0.2, 0.25) is 5.76 Å². The van der Waals surface area contributed by atoms with Crippen molar-refractivity contribution in [2.75, 3.05) is 0 Å². The van der Waals surface area contributed by atoms with Crippen LogP contribution in [-0.4, -0.2) is 15.6 Å². The van der Waals surface area contributed by atoms with E-state index in [-0.39, 0.29) is 5.76 Å². The number of hydrogen-bond donors (Lipinski definition) is 0. The van der Waals surface area contributed by atoms with Crippen molar-refractivity contribution in [3.05, 3.63) is 58.7 Å². The normalized spacial score (nSPS) is 12.0. The predicted molar refractivity (Wildman–Crippen MR) is 99.8 cm³/mol. The first-order valence-electron chi connectivity index (χ1n) is 8.38. The van der Waals surface area contributed by atoms with Gasteiger partial charge in [0.1, 0.15) is 0 Å². The number of aryl methyl sites for hydroxylation is 2. The van der Waals surface area contributed by atoms with Crippen molar-refractivity contribution < 1.29 is 9.32 Å². The first-order valence-corrected chi connectivity index (χ1v) is 9.19. The fourth-order valence-corrected chi connectivity index (χ4v) is 3.75. The highest BCUT2D eigenvalue weighted by Gasteiger charge is 2.12. The molecule has 2 heterocycles. The summed E-state index contributed by atoms with van der Waals surface area (Å²) in [6.45, 7) is 8.37. The van der Waals surface area contributed by atoms with E-state index in [0.29, 0.717) is 17.0 Å². The second-order valence-electron chi connectivity index (χ2n) is 5.94. The van der Waals surface area contributed by atoms with Crippen LogP contribution in [0.1, 0.15) is 41.6 Å². The second kappa shape index (κ2) is 7.61. The van der Waals surface area contributed by atoms with E-state index in [1.54, 1.807) is 19.1 Å². The van der Waals surface area contributed by atoms with E-state index in [9.17, 15) is 4.79 Å². The zero-order chi connectivity index (χ0) is 17.8. The number of carbonyl (C=O) groups excluding carboxylic acids is 1. The SMILES string of the molecule is C=CCn1c(=NC(=O)c2cc(C)no2)sc2cc(CCCC)ccc21. The third-order valence-corrected chi connectivity index (χ3v) is 4.95. The summed E-state index contributed by atoms with van der Waals surface area (Å²) >= 11 is 1.51. The van der Waals surface area contributed by atoms with E-state index in [1.165, 1.54) is 29.7 Å². The zero-order valence-corrected chi connectivity index (χ0v) is 15.3.